The van der Waals surface area contributed by atoms with Gasteiger partial charge in [-0.2, -0.15) is 0 Å². The van der Waals surface area contributed by atoms with Crippen molar-refractivity contribution < 1.29 is 19.4 Å². The molecule has 5 nitrogen and oxygen atoms in total. The predicted molar refractivity (Wildman–Crippen MR) is 67.3 cm³/mol. The van der Waals surface area contributed by atoms with Crippen molar-refractivity contribution in [1.29, 1.82) is 0 Å². The minimum absolute atomic E-state index is 0.627. The highest BCUT2D eigenvalue weighted by Gasteiger charge is 2.49. The molecule has 0 aromatic carbocycles. The monoisotopic (exact) mass is 257 g/mol. The number of rotatable bonds is 3. The van der Waals surface area contributed by atoms with Crippen molar-refractivity contribution in [2.75, 3.05) is 13.1 Å². The lowest BCUT2D eigenvalue weighted by atomic mass is 9.96. The highest BCUT2D eigenvalue weighted by Crippen LogP contribution is 2.25. The van der Waals surface area contributed by atoms with Crippen LogP contribution in [-0.2, 0) is 14.3 Å². The number of carboxylic acid groups (broad SMARTS) is 1. The summed E-state index contributed by atoms with van der Waals surface area (Å²) in [7, 11) is 0. The van der Waals surface area contributed by atoms with Gasteiger partial charge >= 0.3 is 11.9 Å². The van der Waals surface area contributed by atoms with Gasteiger partial charge in [0, 0.05) is 0 Å². The van der Waals surface area contributed by atoms with E-state index in [0.29, 0.717) is 13.1 Å². The molecule has 1 heterocycles. The lowest BCUT2D eigenvalue weighted by Crippen LogP contribution is -2.61. The minimum atomic E-state index is -1.58. The Kier molecular flexibility index (Phi) is 4.37. The summed E-state index contributed by atoms with van der Waals surface area (Å²) in [5, 5.41) is 9.41. The van der Waals surface area contributed by atoms with Crippen LogP contribution in [0.5, 0.6) is 0 Å². The molecule has 0 aromatic rings. The van der Waals surface area contributed by atoms with Crippen LogP contribution in [0.3, 0.4) is 0 Å². The summed E-state index contributed by atoms with van der Waals surface area (Å²) in [4.78, 5) is 25.4. The number of nitrogens with zero attached hydrogens (tertiary/aromatic N) is 1. The number of aliphatic carboxylic acids is 1. The fraction of sp³-hybridized carbons (Fsp3) is 0.846. The smallest absolute Gasteiger partial charge is 0.338 e. The number of carbonyl (C=O) groups excluding carboxylic acids is 1. The van der Waals surface area contributed by atoms with E-state index in [9.17, 15) is 14.7 Å². The topological polar surface area (TPSA) is 66.8 Å². The van der Waals surface area contributed by atoms with Crippen LogP contribution < -0.4 is 0 Å². The number of hydrogen-bond donors (Lipinski definition) is 1. The van der Waals surface area contributed by atoms with Gasteiger partial charge in [-0.3, -0.25) is 4.90 Å². The molecular formula is C13H23NO4. The van der Waals surface area contributed by atoms with E-state index in [0.717, 1.165) is 19.3 Å². The van der Waals surface area contributed by atoms with Crippen LogP contribution in [0.25, 0.3) is 0 Å². The van der Waals surface area contributed by atoms with Crippen molar-refractivity contribution in [1.82, 2.24) is 4.90 Å². The van der Waals surface area contributed by atoms with Gasteiger partial charge in [-0.05, 0) is 53.6 Å². The maximum atomic E-state index is 12.2. The Balaban J connectivity index is 2.92. The van der Waals surface area contributed by atoms with Gasteiger partial charge in [0.15, 0.2) is 0 Å². The first-order chi connectivity index (χ1) is 8.18. The van der Waals surface area contributed by atoms with Gasteiger partial charge in [-0.1, -0.05) is 6.42 Å². The first-order valence-electron chi connectivity index (χ1n) is 6.40. The van der Waals surface area contributed by atoms with Crippen LogP contribution in [0.4, 0.5) is 0 Å². The number of likely N-dealkylation sites (tertiary alicyclic amines) is 1. The molecule has 0 bridgehead atoms. The maximum absolute atomic E-state index is 12.2. The van der Waals surface area contributed by atoms with Crippen molar-refractivity contribution in [2.24, 2.45) is 0 Å². The van der Waals surface area contributed by atoms with Crippen LogP contribution in [-0.4, -0.2) is 46.2 Å². The molecule has 0 radical (unpaired) electrons. The Hall–Kier alpha value is -1.10. The van der Waals surface area contributed by atoms with Gasteiger partial charge < -0.3 is 9.84 Å². The lowest BCUT2D eigenvalue weighted by Gasteiger charge is -2.39. The Morgan fingerprint density at radius 2 is 1.56 bits per heavy atom. The molecule has 1 aliphatic rings. The van der Waals surface area contributed by atoms with E-state index in [2.05, 4.69) is 0 Å². The van der Waals surface area contributed by atoms with E-state index < -0.39 is 23.1 Å². The highest BCUT2D eigenvalue weighted by molar-refractivity contribution is 6.03. The molecule has 0 amide bonds. The van der Waals surface area contributed by atoms with Gasteiger partial charge in [0.25, 0.3) is 0 Å². The van der Waals surface area contributed by atoms with Crippen LogP contribution in [0.2, 0.25) is 0 Å². The van der Waals surface area contributed by atoms with Gasteiger partial charge in [-0.15, -0.1) is 0 Å². The summed E-state index contributed by atoms with van der Waals surface area (Å²) < 4.78 is 5.26. The molecule has 18 heavy (non-hydrogen) atoms. The summed E-state index contributed by atoms with van der Waals surface area (Å²) in [6.45, 7) is 7.91. The fourth-order valence-corrected chi connectivity index (χ4v) is 2.07. The van der Waals surface area contributed by atoms with Gasteiger partial charge in [0.05, 0.1) is 0 Å². The average Bonchev–Trinajstić information content (AvgIpc) is 2.26. The van der Waals surface area contributed by atoms with Crippen LogP contribution >= 0.6 is 0 Å². The molecule has 1 aliphatic heterocycles. The molecule has 0 aromatic heterocycles. The molecular weight excluding hydrogens is 234 g/mol. The Bertz CT molecular complexity index is 328. The Morgan fingerprint density at radius 3 is 1.94 bits per heavy atom. The van der Waals surface area contributed by atoms with Gasteiger partial charge in [-0.25, -0.2) is 9.59 Å². The third kappa shape index (κ3) is 3.22. The molecule has 104 valence electrons. The van der Waals surface area contributed by atoms with E-state index in [-0.39, 0.29) is 0 Å². The fourth-order valence-electron chi connectivity index (χ4n) is 2.07. The van der Waals surface area contributed by atoms with Gasteiger partial charge in [0.1, 0.15) is 5.60 Å². The number of esters is 1. The zero-order valence-electron chi connectivity index (χ0n) is 11.7. The van der Waals surface area contributed by atoms with E-state index in [4.69, 9.17) is 4.74 Å². The molecule has 1 saturated heterocycles. The number of carbonyl (C=O) groups is 2. The maximum Gasteiger partial charge on any atom is 0.338 e. The quantitative estimate of drug-likeness (QED) is 0.615. The van der Waals surface area contributed by atoms with E-state index >= 15 is 0 Å². The first-order valence-corrected chi connectivity index (χ1v) is 6.40. The van der Waals surface area contributed by atoms with E-state index in [1.807, 2.05) is 0 Å². The molecule has 0 saturated carbocycles. The molecule has 5 heteroatoms. The predicted octanol–water partition coefficient (Wildman–Crippen LogP) is 1.66. The Labute approximate surface area is 108 Å². The van der Waals surface area contributed by atoms with Crippen molar-refractivity contribution >= 4 is 11.9 Å². The number of carboxylic acids is 1. The summed E-state index contributed by atoms with van der Waals surface area (Å²) in [6.07, 6.45) is 2.93. The molecule has 1 rings (SSSR count). The third-order valence-electron chi connectivity index (χ3n) is 3.20. The third-order valence-corrected chi connectivity index (χ3v) is 3.20. The second-order valence-electron chi connectivity index (χ2n) is 5.93. The summed E-state index contributed by atoms with van der Waals surface area (Å²) in [5.74, 6) is -1.82. The first kappa shape index (κ1) is 15.0. The second kappa shape index (κ2) is 5.26. The SMILES string of the molecule is CC(C)(C)OC(=O)C(C)(C(=O)O)N1CCCCC1. The van der Waals surface area contributed by atoms with Crippen LogP contribution in [0.1, 0.15) is 47.0 Å². The molecule has 1 N–H and O–H groups in total. The van der Waals surface area contributed by atoms with Crippen LogP contribution in [0, 0.1) is 0 Å². The molecule has 1 fully saturated rings. The van der Waals surface area contributed by atoms with Crippen molar-refractivity contribution in [2.45, 2.75) is 58.1 Å². The number of ether oxygens (including phenoxy) is 1. The Morgan fingerprint density at radius 1 is 1.06 bits per heavy atom. The average molecular weight is 257 g/mol. The van der Waals surface area contributed by atoms with Crippen molar-refractivity contribution in [3.05, 3.63) is 0 Å². The lowest BCUT2D eigenvalue weighted by molar-refractivity contribution is -0.179. The summed E-state index contributed by atoms with van der Waals surface area (Å²) in [5.41, 5.74) is -2.25. The van der Waals surface area contributed by atoms with E-state index in [1.165, 1.54) is 6.92 Å². The van der Waals surface area contributed by atoms with Crippen molar-refractivity contribution in [3.63, 3.8) is 0 Å². The molecule has 1 atom stereocenters. The molecule has 1 unspecified atom stereocenters. The summed E-state index contributed by atoms with van der Waals surface area (Å²) >= 11 is 0. The number of piperidine rings is 1. The standard InChI is InChI=1S/C13H23NO4/c1-12(2,3)18-11(17)13(4,10(15)16)14-8-6-5-7-9-14/h5-9H2,1-4H3,(H,15,16). The van der Waals surface area contributed by atoms with Crippen molar-refractivity contribution in [3.8, 4) is 0 Å². The normalized spacial score (nSPS) is 21.1. The minimum Gasteiger partial charge on any atom is -0.479 e. The number of hydrogen-bond acceptors (Lipinski definition) is 4. The molecule has 0 spiro atoms. The zero-order valence-corrected chi connectivity index (χ0v) is 11.7. The highest BCUT2D eigenvalue weighted by atomic mass is 16.6. The van der Waals surface area contributed by atoms with Crippen LogP contribution in [0.15, 0.2) is 0 Å². The van der Waals surface area contributed by atoms with E-state index in [1.54, 1.807) is 25.7 Å². The largest absolute Gasteiger partial charge is 0.479 e. The zero-order chi connectivity index (χ0) is 14.0. The van der Waals surface area contributed by atoms with Gasteiger partial charge in [0.2, 0.25) is 5.54 Å². The summed E-state index contributed by atoms with van der Waals surface area (Å²) in [6, 6.07) is 0. The molecule has 0 aliphatic carbocycles. The second-order valence-corrected chi connectivity index (χ2v) is 5.93.